The molecule has 20 heavy (non-hydrogen) atoms. The summed E-state index contributed by atoms with van der Waals surface area (Å²) in [5.41, 5.74) is 2.28. The minimum absolute atomic E-state index is 0.778. The molecule has 0 spiro atoms. The van der Waals surface area contributed by atoms with Crippen LogP contribution in [-0.4, -0.2) is 17.6 Å². The first-order chi connectivity index (χ1) is 9.70. The van der Waals surface area contributed by atoms with Gasteiger partial charge in [0.15, 0.2) is 11.7 Å². The van der Waals surface area contributed by atoms with Crippen molar-refractivity contribution in [3.8, 4) is 11.3 Å². The molecule has 0 aliphatic heterocycles. The van der Waals surface area contributed by atoms with E-state index in [4.69, 9.17) is 4.42 Å². The molecule has 0 atom stereocenters. The van der Waals surface area contributed by atoms with Crippen molar-refractivity contribution in [2.75, 3.05) is 6.54 Å². The van der Waals surface area contributed by atoms with Crippen LogP contribution in [0.25, 0.3) is 11.3 Å². The third-order valence-electron chi connectivity index (χ3n) is 3.46. The summed E-state index contributed by atoms with van der Waals surface area (Å²) in [6, 6.07) is 7.04. The number of rotatable bonds is 6. The van der Waals surface area contributed by atoms with E-state index in [2.05, 4.69) is 51.4 Å². The predicted octanol–water partition coefficient (Wildman–Crippen LogP) is 4.10. The average molecular weight is 335 g/mol. The Bertz CT molecular complexity index is 570. The van der Waals surface area contributed by atoms with E-state index in [0.29, 0.717) is 0 Å². The van der Waals surface area contributed by atoms with Crippen molar-refractivity contribution >= 4 is 15.9 Å². The molecule has 4 heteroatoms. The topological polar surface area (TPSA) is 38.1 Å². The van der Waals surface area contributed by atoms with Crippen LogP contribution < -0.4 is 5.32 Å². The quantitative estimate of drug-likeness (QED) is 0.808. The minimum atomic E-state index is 0.778. The van der Waals surface area contributed by atoms with Crippen molar-refractivity contribution in [1.82, 2.24) is 10.3 Å². The van der Waals surface area contributed by atoms with Gasteiger partial charge in [0.1, 0.15) is 0 Å². The van der Waals surface area contributed by atoms with E-state index >= 15 is 0 Å². The highest BCUT2D eigenvalue weighted by Crippen LogP contribution is 2.26. The zero-order valence-electron chi connectivity index (χ0n) is 11.7. The monoisotopic (exact) mass is 334 g/mol. The second-order valence-electron chi connectivity index (χ2n) is 5.47. The summed E-state index contributed by atoms with van der Waals surface area (Å²) in [6.45, 7) is 3.13. The van der Waals surface area contributed by atoms with E-state index in [-0.39, 0.29) is 0 Å². The lowest BCUT2D eigenvalue weighted by atomic mass is 10.1. The maximum Gasteiger partial charge on any atom is 0.194 e. The Hall–Kier alpha value is -1.13. The first kappa shape index (κ1) is 13.8. The Morgan fingerprint density at radius 1 is 1.35 bits per heavy atom. The highest BCUT2D eigenvalue weighted by Gasteiger charge is 2.19. The van der Waals surface area contributed by atoms with Gasteiger partial charge in [-0.05, 0) is 56.5 Å². The smallest absolute Gasteiger partial charge is 0.194 e. The molecule has 0 amide bonds. The summed E-state index contributed by atoms with van der Waals surface area (Å²) in [7, 11) is 0. The van der Waals surface area contributed by atoms with Gasteiger partial charge in [-0.15, -0.1) is 0 Å². The lowest BCUT2D eigenvalue weighted by Crippen LogP contribution is -2.17. The van der Waals surface area contributed by atoms with Crippen molar-refractivity contribution in [2.45, 2.75) is 38.6 Å². The van der Waals surface area contributed by atoms with E-state index in [1.165, 1.54) is 18.4 Å². The molecule has 3 nitrogen and oxygen atoms in total. The van der Waals surface area contributed by atoms with Crippen molar-refractivity contribution in [3.05, 3.63) is 40.3 Å². The van der Waals surface area contributed by atoms with E-state index < -0.39 is 0 Å². The van der Waals surface area contributed by atoms with Gasteiger partial charge in [0.2, 0.25) is 0 Å². The molecule has 1 saturated carbocycles. The number of aromatic nitrogens is 1. The van der Waals surface area contributed by atoms with Crippen LogP contribution in [0.3, 0.4) is 0 Å². The molecule has 0 radical (unpaired) electrons. The number of oxazole rings is 1. The van der Waals surface area contributed by atoms with Crippen LogP contribution in [0.2, 0.25) is 0 Å². The molecule has 1 aromatic carbocycles. The SMILES string of the molecule is Cc1cc(Br)cc(-c2cnc(CCCNC3CC3)o2)c1. The number of hydrogen-bond donors (Lipinski definition) is 1. The van der Waals surface area contributed by atoms with Crippen LogP contribution in [-0.2, 0) is 6.42 Å². The van der Waals surface area contributed by atoms with Crippen LogP contribution in [0.15, 0.2) is 33.3 Å². The fourth-order valence-electron chi connectivity index (χ4n) is 2.27. The normalized spacial score (nSPS) is 14.7. The first-order valence-electron chi connectivity index (χ1n) is 7.16. The lowest BCUT2D eigenvalue weighted by Gasteiger charge is -2.01. The number of aryl methyl sites for hydroxylation is 2. The van der Waals surface area contributed by atoms with Crippen LogP contribution in [0.5, 0.6) is 0 Å². The van der Waals surface area contributed by atoms with Gasteiger partial charge in [0, 0.05) is 22.5 Å². The molecule has 0 saturated heterocycles. The summed E-state index contributed by atoms with van der Waals surface area (Å²) >= 11 is 3.52. The van der Waals surface area contributed by atoms with Gasteiger partial charge >= 0.3 is 0 Å². The molecule has 1 aliphatic rings. The van der Waals surface area contributed by atoms with E-state index in [9.17, 15) is 0 Å². The fraction of sp³-hybridized carbons (Fsp3) is 0.438. The molecule has 1 aliphatic carbocycles. The molecule has 0 unspecified atom stereocenters. The molecule has 1 heterocycles. The third-order valence-corrected chi connectivity index (χ3v) is 3.92. The maximum absolute atomic E-state index is 5.84. The first-order valence-corrected chi connectivity index (χ1v) is 7.96. The zero-order valence-corrected chi connectivity index (χ0v) is 13.2. The molecule has 2 aromatic rings. The van der Waals surface area contributed by atoms with Crippen LogP contribution in [0.4, 0.5) is 0 Å². The van der Waals surface area contributed by atoms with Gasteiger partial charge in [-0.1, -0.05) is 15.9 Å². The largest absolute Gasteiger partial charge is 0.441 e. The zero-order chi connectivity index (χ0) is 13.9. The number of hydrogen-bond acceptors (Lipinski definition) is 3. The van der Waals surface area contributed by atoms with Crippen molar-refractivity contribution in [2.24, 2.45) is 0 Å². The molecule has 0 bridgehead atoms. The third kappa shape index (κ3) is 3.70. The molecular formula is C16H19BrN2O. The number of benzene rings is 1. The van der Waals surface area contributed by atoms with Gasteiger partial charge in [-0.3, -0.25) is 0 Å². The summed E-state index contributed by atoms with van der Waals surface area (Å²) in [6.07, 6.45) is 6.47. The Balaban J connectivity index is 1.60. The Labute approximate surface area is 127 Å². The van der Waals surface area contributed by atoms with Gasteiger partial charge in [-0.2, -0.15) is 0 Å². The summed E-state index contributed by atoms with van der Waals surface area (Å²) in [5, 5.41) is 3.50. The lowest BCUT2D eigenvalue weighted by molar-refractivity contribution is 0.491. The summed E-state index contributed by atoms with van der Waals surface area (Å²) in [4.78, 5) is 4.37. The highest BCUT2D eigenvalue weighted by molar-refractivity contribution is 9.10. The second kappa shape index (κ2) is 6.10. The standard InChI is InChI=1S/C16H19BrN2O/c1-11-7-12(9-13(17)8-11)15-10-19-16(20-15)3-2-6-18-14-4-5-14/h7-10,14,18H,2-6H2,1H3. The maximum atomic E-state index is 5.84. The molecule has 106 valence electrons. The van der Waals surface area contributed by atoms with Gasteiger partial charge < -0.3 is 9.73 Å². The Kier molecular flexibility index (Phi) is 4.22. The van der Waals surface area contributed by atoms with Crippen LogP contribution >= 0.6 is 15.9 Å². The molecule has 3 rings (SSSR count). The van der Waals surface area contributed by atoms with Crippen molar-refractivity contribution in [3.63, 3.8) is 0 Å². The van der Waals surface area contributed by atoms with Crippen molar-refractivity contribution < 1.29 is 4.42 Å². The summed E-state index contributed by atoms with van der Waals surface area (Å²) in [5.74, 6) is 1.68. The van der Waals surface area contributed by atoms with Crippen molar-refractivity contribution in [1.29, 1.82) is 0 Å². The summed E-state index contributed by atoms with van der Waals surface area (Å²) < 4.78 is 6.91. The second-order valence-corrected chi connectivity index (χ2v) is 6.38. The van der Waals surface area contributed by atoms with E-state index in [1.54, 1.807) is 0 Å². The number of halogens is 1. The predicted molar refractivity (Wildman–Crippen MR) is 83.7 cm³/mol. The minimum Gasteiger partial charge on any atom is -0.441 e. The molecule has 1 N–H and O–H groups in total. The van der Waals surface area contributed by atoms with Crippen LogP contribution in [0.1, 0.15) is 30.7 Å². The van der Waals surface area contributed by atoms with Gasteiger partial charge in [0.25, 0.3) is 0 Å². The van der Waals surface area contributed by atoms with Crippen LogP contribution in [0, 0.1) is 6.92 Å². The highest BCUT2D eigenvalue weighted by atomic mass is 79.9. The molecule has 1 fully saturated rings. The Morgan fingerprint density at radius 3 is 2.95 bits per heavy atom. The Morgan fingerprint density at radius 2 is 2.20 bits per heavy atom. The van der Waals surface area contributed by atoms with Gasteiger partial charge in [-0.25, -0.2) is 4.98 Å². The number of nitrogens with one attached hydrogen (secondary N) is 1. The number of nitrogens with zero attached hydrogens (tertiary/aromatic N) is 1. The molecule has 1 aromatic heterocycles. The van der Waals surface area contributed by atoms with E-state index in [1.807, 2.05) is 6.20 Å². The van der Waals surface area contributed by atoms with E-state index in [0.717, 1.165) is 47.1 Å². The average Bonchev–Trinajstić information content (AvgIpc) is 3.10. The fourth-order valence-corrected chi connectivity index (χ4v) is 2.88. The molecular weight excluding hydrogens is 316 g/mol. The van der Waals surface area contributed by atoms with Gasteiger partial charge in [0.05, 0.1) is 6.20 Å².